The molecule has 1 amide bonds. The zero-order valence-electron chi connectivity index (χ0n) is 12.4. The lowest BCUT2D eigenvalue weighted by molar-refractivity contribution is -0.384. The summed E-state index contributed by atoms with van der Waals surface area (Å²) < 4.78 is 0. The van der Waals surface area contributed by atoms with Crippen molar-refractivity contribution in [2.45, 2.75) is 25.7 Å². The number of hydrazone groups is 1. The number of nitrogens with one attached hydrogen (secondary N) is 1. The van der Waals surface area contributed by atoms with Gasteiger partial charge in [-0.15, -0.1) is 0 Å². The minimum absolute atomic E-state index is 0.0303. The fourth-order valence-electron chi connectivity index (χ4n) is 2.36. The van der Waals surface area contributed by atoms with E-state index in [1.165, 1.54) is 37.6 Å². The van der Waals surface area contributed by atoms with Crippen LogP contribution < -0.4 is 5.43 Å². The number of non-ortho nitro benzene ring substituents is 1. The van der Waals surface area contributed by atoms with Crippen LogP contribution in [-0.2, 0) is 4.79 Å². The highest BCUT2D eigenvalue weighted by Gasteiger charge is 2.11. The lowest BCUT2D eigenvalue weighted by Crippen LogP contribution is -2.33. The highest BCUT2D eigenvalue weighted by Crippen LogP contribution is 2.10. The fourth-order valence-corrected chi connectivity index (χ4v) is 2.36. The van der Waals surface area contributed by atoms with E-state index < -0.39 is 4.92 Å². The second-order valence-corrected chi connectivity index (χ2v) is 5.29. The number of benzene rings is 1. The Labute approximate surface area is 129 Å². The van der Waals surface area contributed by atoms with Gasteiger partial charge in [0.05, 0.1) is 11.1 Å². The third kappa shape index (κ3) is 5.25. The molecule has 0 saturated carbocycles. The van der Waals surface area contributed by atoms with Gasteiger partial charge in [0.15, 0.2) is 0 Å². The largest absolute Gasteiger partial charge is 0.303 e. The Bertz CT molecular complexity index is 536. The minimum Gasteiger partial charge on any atom is -0.303 e. The quantitative estimate of drug-likeness (QED) is 0.494. The van der Waals surface area contributed by atoms with Crippen molar-refractivity contribution in [2.24, 2.45) is 5.10 Å². The number of rotatable bonds is 6. The normalized spacial score (nSPS) is 15.8. The summed E-state index contributed by atoms with van der Waals surface area (Å²) >= 11 is 0. The van der Waals surface area contributed by atoms with E-state index in [9.17, 15) is 14.9 Å². The molecule has 1 aliphatic rings. The summed E-state index contributed by atoms with van der Waals surface area (Å²) in [6.45, 7) is 2.90. The first-order chi connectivity index (χ1) is 10.6. The SMILES string of the molecule is O=C(CCN1CCCCC1)N/N=C\c1ccc([N+](=O)[O-])cc1. The van der Waals surface area contributed by atoms with Crippen molar-refractivity contribution >= 4 is 17.8 Å². The molecule has 0 aromatic heterocycles. The van der Waals surface area contributed by atoms with Gasteiger partial charge >= 0.3 is 0 Å². The van der Waals surface area contributed by atoms with Gasteiger partial charge in [0.2, 0.25) is 5.91 Å². The third-order valence-electron chi connectivity index (χ3n) is 3.61. The molecule has 7 heteroatoms. The maximum Gasteiger partial charge on any atom is 0.269 e. The summed E-state index contributed by atoms with van der Waals surface area (Å²) in [6, 6.07) is 5.97. The van der Waals surface area contributed by atoms with E-state index in [-0.39, 0.29) is 11.6 Å². The maximum atomic E-state index is 11.7. The molecular formula is C15H20N4O3. The number of hydrogen-bond donors (Lipinski definition) is 1. The fraction of sp³-hybridized carbons (Fsp3) is 0.467. The van der Waals surface area contributed by atoms with Gasteiger partial charge in [0.1, 0.15) is 0 Å². The van der Waals surface area contributed by atoms with E-state index in [2.05, 4.69) is 15.4 Å². The Kier molecular flexibility index (Phi) is 6.02. The molecule has 0 aliphatic carbocycles. The molecule has 0 atom stereocenters. The molecule has 1 aromatic rings. The van der Waals surface area contributed by atoms with Crippen LogP contribution in [-0.4, -0.2) is 41.6 Å². The highest BCUT2D eigenvalue weighted by molar-refractivity contribution is 5.82. The van der Waals surface area contributed by atoms with Crippen molar-refractivity contribution in [3.8, 4) is 0 Å². The van der Waals surface area contributed by atoms with E-state index in [1.807, 2.05) is 0 Å². The predicted octanol–water partition coefficient (Wildman–Crippen LogP) is 1.92. The van der Waals surface area contributed by atoms with Gasteiger partial charge in [-0.05, 0) is 43.6 Å². The first kappa shape index (κ1) is 16.1. The minimum atomic E-state index is -0.455. The second-order valence-electron chi connectivity index (χ2n) is 5.29. The topological polar surface area (TPSA) is 87.8 Å². The van der Waals surface area contributed by atoms with E-state index in [0.717, 1.165) is 19.6 Å². The highest BCUT2D eigenvalue weighted by atomic mass is 16.6. The molecule has 1 aromatic carbocycles. The van der Waals surface area contributed by atoms with Crippen molar-refractivity contribution in [3.63, 3.8) is 0 Å². The molecule has 1 aliphatic heterocycles. The van der Waals surface area contributed by atoms with Gasteiger partial charge < -0.3 is 4.90 Å². The number of amides is 1. The molecule has 0 spiro atoms. The van der Waals surface area contributed by atoms with Gasteiger partial charge in [-0.3, -0.25) is 14.9 Å². The van der Waals surface area contributed by atoms with Crippen LogP contribution in [0, 0.1) is 10.1 Å². The molecule has 0 unspecified atom stereocenters. The number of piperidine rings is 1. The molecular weight excluding hydrogens is 284 g/mol. The molecule has 0 radical (unpaired) electrons. The first-order valence-corrected chi connectivity index (χ1v) is 7.44. The number of nitrogens with zero attached hydrogens (tertiary/aromatic N) is 3. The zero-order valence-corrected chi connectivity index (χ0v) is 12.4. The number of likely N-dealkylation sites (tertiary alicyclic amines) is 1. The van der Waals surface area contributed by atoms with Crippen LogP contribution in [0.15, 0.2) is 29.4 Å². The average molecular weight is 304 g/mol. The summed E-state index contributed by atoms with van der Waals surface area (Å²) in [6.07, 6.45) is 5.60. The number of nitro groups is 1. The van der Waals surface area contributed by atoms with E-state index in [0.29, 0.717) is 12.0 Å². The summed E-state index contributed by atoms with van der Waals surface area (Å²) in [4.78, 5) is 24.0. The number of carbonyl (C=O) groups is 1. The van der Waals surface area contributed by atoms with Crippen molar-refractivity contribution in [2.75, 3.05) is 19.6 Å². The Morgan fingerprint density at radius 1 is 1.27 bits per heavy atom. The zero-order chi connectivity index (χ0) is 15.8. The Morgan fingerprint density at radius 3 is 2.59 bits per heavy atom. The van der Waals surface area contributed by atoms with E-state index in [4.69, 9.17) is 0 Å². The standard InChI is InChI=1S/C15H20N4O3/c20-15(8-11-18-9-2-1-3-10-18)17-16-12-13-4-6-14(7-5-13)19(21)22/h4-7,12H,1-3,8-11H2,(H,17,20)/b16-12-. The molecule has 22 heavy (non-hydrogen) atoms. The first-order valence-electron chi connectivity index (χ1n) is 7.44. The van der Waals surface area contributed by atoms with Crippen molar-refractivity contribution in [1.29, 1.82) is 0 Å². The average Bonchev–Trinajstić information content (AvgIpc) is 2.54. The number of carbonyl (C=O) groups excluding carboxylic acids is 1. The Balaban J connectivity index is 1.71. The van der Waals surface area contributed by atoms with Crippen molar-refractivity contribution < 1.29 is 9.72 Å². The third-order valence-corrected chi connectivity index (χ3v) is 3.61. The van der Waals surface area contributed by atoms with Crippen LogP contribution in [0.1, 0.15) is 31.2 Å². The van der Waals surface area contributed by atoms with Crippen LogP contribution in [0.5, 0.6) is 0 Å². The monoisotopic (exact) mass is 304 g/mol. The van der Waals surface area contributed by atoms with Crippen LogP contribution in [0.2, 0.25) is 0 Å². The van der Waals surface area contributed by atoms with Crippen molar-refractivity contribution in [1.82, 2.24) is 10.3 Å². The number of nitro benzene ring substituents is 1. The predicted molar refractivity (Wildman–Crippen MR) is 83.7 cm³/mol. The van der Waals surface area contributed by atoms with Gasteiger partial charge in [0.25, 0.3) is 5.69 Å². The van der Waals surface area contributed by atoms with Gasteiger partial charge in [0, 0.05) is 25.1 Å². The summed E-state index contributed by atoms with van der Waals surface area (Å²) in [7, 11) is 0. The molecule has 2 rings (SSSR count). The lowest BCUT2D eigenvalue weighted by Gasteiger charge is -2.25. The van der Waals surface area contributed by atoms with E-state index >= 15 is 0 Å². The molecule has 118 valence electrons. The van der Waals surface area contributed by atoms with E-state index in [1.54, 1.807) is 12.1 Å². The smallest absolute Gasteiger partial charge is 0.269 e. The molecule has 1 saturated heterocycles. The lowest BCUT2D eigenvalue weighted by atomic mass is 10.1. The molecule has 1 heterocycles. The summed E-state index contributed by atoms with van der Waals surface area (Å²) in [5, 5.41) is 14.4. The Hall–Kier alpha value is -2.28. The molecule has 1 fully saturated rings. The maximum absolute atomic E-state index is 11.7. The summed E-state index contributed by atoms with van der Waals surface area (Å²) in [5.41, 5.74) is 3.20. The van der Waals surface area contributed by atoms with Gasteiger partial charge in [-0.25, -0.2) is 5.43 Å². The van der Waals surface area contributed by atoms with Crippen LogP contribution in [0.25, 0.3) is 0 Å². The van der Waals surface area contributed by atoms with Gasteiger partial charge in [-0.2, -0.15) is 5.10 Å². The van der Waals surface area contributed by atoms with Gasteiger partial charge in [-0.1, -0.05) is 6.42 Å². The molecule has 1 N–H and O–H groups in total. The Morgan fingerprint density at radius 2 is 1.95 bits per heavy atom. The molecule has 7 nitrogen and oxygen atoms in total. The van der Waals surface area contributed by atoms with Crippen LogP contribution >= 0.6 is 0 Å². The van der Waals surface area contributed by atoms with Crippen molar-refractivity contribution in [3.05, 3.63) is 39.9 Å². The van der Waals surface area contributed by atoms with Crippen LogP contribution in [0.3, 0.4) is 0 Å². The number of hydrogen-bond acceptors (Lipinski definition) is 5. The van der Waals surface area contributed by atoms with Crippen LogP contribution in [0.4, 0.5) is 5.69 Å². The summed E-state index contributed by atoms with van der Waals surface area (Å²) in [5.74, 6) is -0.122. The molecule has 0 bridgehead atoms. The second kappa shape index (κ2) is 8.23.